The quantitative estimate of drug-likeness (QED) is 0.605. The van der Waals surface area contributed by atoms with Crippen LogP contribution >= 0.6 is 11.3 Å². The Balaban J connectivity index is 2.09. The summed E-state index contributed by atoms with van der Waals surface area (Å²) < 4.78 is 12.8. The number of methoxy groups -OCH3 is 2. The highest BCUT2D eigenvalue weighted by Crippen LogP contribution is 2.31. The van der Waals surface area contributed by atoms with Gasteiger partial charge in [-0.05, 0) is 17.7 Å². The van der Waals surface area contributed by atoms with Gasteiger partial charge in [0.2, 0.25) is 0 Å². The topological polar surface area (TPSA) is 35.8 Å². The lowest BCUT2D eigenvalue weighted by molar-refractivity contribution is 0.355. The van der Waals surface area contributed by atoms with Gasteiger partial charge in [0.05, 0.1) is 25.6 Å². The van der Waals surface area contributed by atoms with Gasteiger partial charge >= 0.3 is 0 Å². The Bertz CT molecular complexity index is 926. The minimum atomic E-state index is 0.666. The summed E-state index contributed by atoms with van der Waals surface area (Å²) in [5, 5.41) is 2.12. The fraction of sp³-hybridized carbons (Fsp3) is 0.150. The van der Waals surface area contributed by atoms with Gasteiger partial charge in [0, 0.05) is 18.0 Å². The molecule has 0 aliphatic rings. The minimum absolute atomic E-state index is 0.666. The molecule has 1 aromatic heterocycles. The monoisotopic (exact) mass is 352 g/mol. The number of rotatable bonds is 6. The number of aromatic nitrogens is 1. The SMILES string of the molecule is C=CCn1c(-c2ccccc2)csc1=Nc1ccc(OC)c(OC)c1. The van der Waals surface area contributed by atoms with Crippen LogP contribution in [0.25, 0.3) is 11.3 Å². The highest BCUT2D eigenvalue weighted by Gasteiger charge is 2.08. The molecule has 3 rings (SSSR count). The van der Waals surface area contributed by atoms with Crippen molar-refractivity contribution in [1.82, 2.24) is 4.57 Å². The summed E-state index contributed by atoms with van der Waals surface area (Å²) >= 11 is 1.61. The molecule has 0 aliphatic heterocycles. The second-order valence-electron chi connectivity index (χ2n) is 5.32. The molecule has 25 heavy (non-hydrogen) atoms. The molecule has 2 aromatic carbocycles. The van der Waals surface area contributed by atoms with E-state index in [2.05, 4.69) is 28.7 Å². The molecule has 1 heterocycles. The van der Waals surface area contributed by atoms with E-state index in [1.165, 1.54) is 0 Å². The van der Waals surface area contributed by atoms with Gasteiger partial charge in [-0.2, -0.15) is 0 Å². The van der Waals surface area contributed by atoms with Crippen LogP contribution in [0, 0.1) is 0 Å². The zero-order valence-electron chi connectivity index (χ0n) is 14.3. The fourth-order valence-electron chi connectivity index (χ4n) is 2.57. The van der Waals surface area contributed by atoms with Crippen molar-refractivity contribution in [3.63, 3.8) is 0 Å². The van der Waals surface area contributed by atoms with Gasteiger partial charge in [0.25, 0.3) is 0 Å². The van der Waals surface area contributed by atoms with E-state index in [1.807, 2.05) is 42.5 Å². The molecular weight excluding hydrogens is 332 g/mol. The van der Waals surface area contributed by atoms with Crippen molar-refractivity contribution in [2.45, 2.75) is 6.54 Å². The summed E-state index contributed by atoms with van der Waals surface area (Å²) in [5.74, 6) is 1.36. The largest absolute Gasteiger partial charge is 0.493 e. The van der Waals surface area contributed by atoms with Crippen molar-refractivity contribution in [2.24, 2.45) is 4.99 Å². The average Bonchev–Trinajstić information content (AvgIpc) is 3.05. The predicted molar refractivity (Wildman–Crippen MR) is 103 cm³/mol. The maximum atomic E-state index is 5.36. The van der Waals surface area contributed by atoms with Crippen LogP contribution in [0.2, 0.25) is 0 Å². The van der Waals surface area contributed by atoms with Crippen molar-refractivity contribution in [3.8, 4) is 22.8 Å². The van der Waals surface area contributed by atoms with Crippen LogP contribution in [-0.4, -0.2) is 18.8 Å². The van der Waals surface area contributed by atoms with Crippen LogP contribution in [0.1, 0.15) is 0 Å². The molecule has 0 fully saturated rings. The second-order valence-corrected chi connectivity index (χ2v) is 6.16. The molecule has 0 aliphatic carbocycles. The molecule has 128 valence electrons. The second kappa shape index (κ2) is 7.85. The zero-order chi connectivity index (χ0) is 17.6. The van der Waals surface area contributed by atoms with E-state index in [1.54, 1.807) is 25.6 Å². The molecule has 0 radical (unpaired) electrons. The average molecular weight is 352 g/mol. The van der Waals surface area contributed by atoms with Gasteiger partial charge < -0.3 is 14.0 Å². The molecule has 0 N–H and O–H groups in total. The molecule has 4 nitrogen and oxygen atoms in total. The maximum Gasteiger partial charge on any atom is 0.190 e. The number of allylic oxidation sites excluding steroid dienone is 1. The third-order valence-electron chi connectivity index (χ3n) is 3.77. The first-order valence-electron chi connectivity index (χ1n) is 7.88. The Kier molecular flexibility index (Phi) is 5.36. The summed E-state index contributed by atoms with van der Waals surface area (Å²) in [6, 6.07) is 15.9. The lowest BCUT2D eigenvalue weighted by atomic mass is 10.2. The van der Waals surface area contributed by atoms with Crippen LogP contribution in [0.5, 0.6) is 11.5 Å². The summed E-state index contributed by atoms with van der Waals surface area (Å²) in [5.41, 5.74) is 3.11. The van der Waals surface area contributed by atoms with Crippen LogP contribution in [-0.2, 0) is 6.54 Å². The van der Waals surface area contributed by atoms with Crippen molar-refractivity contribution < 1.29 is 9.47 Å². The normalized spacial score (nSPS) is 11.4. The van der Waals surface area contributed by atoms with Crippen molar-refractivity contribution in [2.75, 3.05) is 14.2 Å². The van der Waals surface area contributed by atoms with E-state index >= 15 is 0 Å². The highest BCUT2D eigenvalue weighted by atomic mass is 32.1. The standard InChI is InChI=1S/C20H20N2O2S/c1-4-12-22-17(15-8-6-5-7-9-15)14-25-20(22)21-16-10-11-18(23-2)19(13-16)24-3/h4-11,13-14H,1,12H2,2-3H3. The lowest BCUT2D eigenvalue weighted by Crippen LogP contribution is -2.14. The van der Waals surface area contributed by atoms with Gasteiger partial charge in [0.1, 0.15) is 0 Å². The van der Waals surface area contributed by atoms with E-state index in [9.17, 15) is 0 Å². The van der Waals surface area contributed by atoms with E-state index < -0.39 is 0 Å². The van der Waals surface area contributed by atoms with Gasteiger partial charge in [-0.25, -0.2) is 4.99 Å². The van der Waals surface area contributed by atoms with Crippen LogP contribution in [0.3, 0.4) is 0 Å². The van der Waals surface area contributed by atoms with Crippen molar-refractivity contribution >= 4 is 17.0 Å². The van der Waals surface area contributed by atoms with Crippen molar-refractivity contribution in [3.05, 3.63) is 71.4 Å². The Labute approximate surface area is 151 Å². The Morgan fingerprint density at radius 1 is 1.08 bits per heavy atom. The van der Waals surface area contributed by atoms with E-state index in [4.69, 9.17) is 14.5 Å². The maximum absolute atomic E-state index is 5.36. The van der Waals surface area contributed by atoms with E-state index in [0.29, 0.717) is 18.0 Å². The first-order chi connectivity index (χ1) is 12.3. The number of hydrogen-bond donors (Lipinski definition) is 0. The van der Waals surface area contributed by atoms with Crippen LogP contribution in [0.15, 0.2) is 71.6 Å². The first-order valence-corrected chi connectivity index (χ1v) is 8.76. The number of thiazole rings is 1. The Morgan fingerprint density at radius 2 is 1.84 bits per heavy atom. The van der Waals surface area contributed by atoms with Crippen molar-refractivity contribution in [1.29, 1.82) is 0 Å². The smallest absolute Gasteiger partial charge is 0.190 e. The molecule has 0 bridgehead atoms. The van der Waals surface area contributed by atoms with E-state index in [0.717, 1.165) is 21.7 Å². The summed E-state index contributed by atoms with van der Waals surface area (Å²) in [6.07, 6.45) is 1.88. The molecule has 0 saturated heterocycles. The molecule has 0 spiro atoms. The van der Waals surface area contributed by atoms with Gasteiger partial charge in [-0.15, -0.1) is 17.9 Å². The Morgan fingerprint density at radius 3 is 2.52 bits per heavy atom. The van der Waals surface area contributed by atoms with Gasteiger partial charge in [-0.1, -0.05) is 36.4 Å². The van der Waals surface area contributed by atoms with Crippen LogP contribution < -0.4 is 14.3 Å². The molecule has 5 heteroatoms. The number of benzene rings is 2. The summed E-state index contributed by atoms with van der Waals surface area (Å²) in [7, 11) is 3.25. The molecule has 0 saturated carbocycles. The molecule has 0 amide bonds. The fourth-order valence-corrected chi connectivity index (χ4v) is 3.51. The molecule has 0 unspecified atom stereocenters. The number of ether oxygens (including phenoxy) is 2. The van der Waals surface area contributed by atoms with Gasteiger partial charge in [-0.3, -0.25) is 0 Å². The molecule has 3 aromatic rings. The summed E-state index contributed by atoms with van der Waals surface area (Å²) in [4.78, 5) is 5.70. The third kappa shape index (κ3) is 3.67. The zero-order valence-corrected chi connectivity index (χ0v) is 15.1. The van der Waals surface area contributed by atoms with Gasteiger partial charge in [0.15, 0.2) is 16.3 Å². The Hall–Kier alpha value is -2.79. The molecule has 0 atom stereocenters. The predicted octanol–water partition coefficient (Wildman–Crippen LogP) is 4.65. The summed E-state index contributed by atoms with van der Waals surface area (Å²) in [6.45, 7) is 4.57. The number of hydrogen-bond acceptors (Lipinski definition) is 4. The number of nitrogens with zero attached hydrogens (tertiary/aromatic N) is 2. The van der Waals surface area contributed by atoms with Crippen LogP contribution in [0.4, 0.5) is 5.69 Å². The first kappa shape index (κ1) is 17.0. The molecular formula is C20H20N2O2S. The highest BCUT2D eigenvalue weighted by molar-refractivity contribution is 7.07. The minimum Gasteiger partial charge on any atom is -0.493 e. The lowest BCUT2D eigenvalue weighted by Gasteiger charge is -2.08. The third-order valence-corrected chi connectivity index (χ3v) is 4.63. The van der Waals surface area contributed by atoms with E-state index in [-0.39, 0.29) is 0 Å².